The number of rotatable bonds is 1. The van der Waals surface area contributed by atoms with E-state index in [2.05, 4.69) is 78.7 Å². The van der Waals surface area contributed by atoms with E-state index in [1.165, 1.54) is 22.7 Å². The summed E-state index contributed by atoms with van der Waals surface area (Å²) in [5, 5.41) is 3.54. The molecule has 18 heavy (non-hydrogen) atoms. The first-order valence-corrected chi connectivity index (χ1v) is 6.08. The first-order chi connectivity index (χ1) is 8.68. The fourth-order valence-corrected chi connectivity index (χ4v) is 2.44. The van der Waals surface area contributed by atoms with Gasteiger partial charge in [-0.3, -0.25) is 0 Å². The monoisotopic (exact) mass is 239 g/mol. The van der Waals surface area contributed by atoms with E-state index in [0.29, 0.717) is 0 Å². The minimum absolute atomic E-state index is 1.15. The predicted octanol–water partition coefficient (Wildman–Crippen LogP) is 3.58. The number of hydrogen-bond donors (Lipinski definition) is 1. The lowest BCUT2D eigenvalue weighted by Gasteiger charge is -2.33. The molecule has 0 atom stereocenters. The molecule has 0 aliphatic carbocycles. The third-order valence-electron chi connectivity index (χ3n) is 3.39. The minimum atomic E-state index is 1.15. The van der Waals surface area contributed by atoms with Gasteiger partial charge in [0.2, 0.25) is 0 Å². The maximum Gasteiger partial charge on any atom is 0.0863 e. The molecule has 0 spiro atoms. The van der Waals surface area contributed by atoms with Gasteiger partial charge in [0.1, 0.15) is 0 Å². The van der Waals surface area contributed by atoms with Crippen LogP contribution in [0.5, 0.6) is 0 Å². The standard InChI is InChI=1S/C15H17N3/c1-17(2)13-9-6-10-14-15(13)16-11-7-4-5-8-12(11)18(14)3/h4-10,16H,1-3H3. The molecule has 0 unspecified atom stereocenters. The van der Waals surface area contributed by atoms with E-state index in [1.54, 1.807) is 0 Å². The molecule has 0 saturated heterocycles. The molecule has 2 aromatic rings. The molecule has 3 rings (SSSR count). The summed E-state index contributed by atoms with van der Waals surface area (Å²) < 4.78 is 0. The van der Waals surface area contributed by atoms with Gasteiger partial charge >= 0.3 is 0 Å². The van der Waals surface area contributed by atoms with Crippen molar-refractivity contribution in [3.05, 3.63) is 42.5 Å². The third kappa shape index (κ3) is 1.51. The quantitative estimate of drug-likeness (QED) is 0.820. The Morgan fingerprint density at radius 3 is 2.44 bits per heavy atom. The largest absolute Gasteiger partial charge is 0.376 e. The Hall–Kier alpha value is -2.16. The molecule has 92 valence electrons. The number of nitrogens with zero attached hydrogens (tertiary/aromatic N) is 2. The van der Waals surface area contributed by atoms with Crippen molar-refractivity contribution in [3.8, 4) is 0 Å². The lowest BCUT2D eigenvalue weighted by molar-refractivity contribution is 1.11. The van der Waals surface area contributed by atoms with E-state index in [-0.39, 0.29) is 0 Å². The third-order valence-corrected chi connectivity index (χ3v) is 3.39. The Labute approximate surface area is 108 Å². The van der Waals surface area contributed by atoms with Crippen molar-refractivity contribution in [1.82, 2.24) is 0 Å². The van der Waals surface area contributed by atoms with Gasteiger partial charge in [0.25, 0.3) is 0 Å². The zero-order valence-corrected chi connectivity index (χ0v) is 10.9. The van der Waals surface area contributed by atoms with Crippen molar-refractivity contribution in [2.45, 2.75) is 0 Å². The van der Waals surface area contributed by atoms with Crippen LogP contribution in [0.2, 0.25) is 0 Å². The maximum atomic E-state index is 3.54. The molecular weight excluding hydrogens is 222 g/mol. The average Bonchev–Trinajstić information content (AvgIpc) is 2.38. The predicted molar refractivity (Wildman–Crippen MR) is 78.6 cm³/mol. The normalized spacial score (nSPS) is 12.5. The Kier molecular flexibility index (Phi) is 2.40. The van der Waals surface area contributed by atoms with Crippen molar-refractivity contribution in [1.29, 1.82) is 0 Å². The van der Waals surface area contributed by atoms with Crippen LogP contribution in [-0.2, 0) is 0 Å². The van der Waals surface area contributed by atoms with E-state index in [0.717, 1.165) is 5.69 Å². The first kappa shape index (κ1) is 11.0. The van der Waals surface area contributed by atoms with Gasteiger partial charge in [0, 0.05) is 21.1 Å². The number of hydrogen-bond acceptors (Lipinski definition) is 3. The second-order valence-corrected chi connectivity index (χ2v) is 4.77. The van der Waals surface area contributed by atoms with Gasteiger partial charge in [-0.1, -0.05) is 18.2 Å². The fraction of sp³-hybridized carbons (Fsp3) is 0.200. The molecule has 0 aromatic heterocycles. The number of benzene rings is 2. The SMILES string of the molecule is CN(C)c1cccc2c1Nc1ccccc1N2C. The van der Waals surface area contributed by atoms with Crippen LogP contribution in [0.25, 0.3) is 0 Å². The molecule has 0 fully saturated rings. The van der Waals surface area contributed by atoms with E-state index in [9.17, 15) is 0 Å². The Balaban J connectivity index is 2.19. The second kappa shape index (κ2) is 3.95. The van der Waals surface area contributed by atoms with Crippen LogP contribution in [0.1, 0.15) is 0 Å². The zero-order chi connectivity index (χ0) is 12.7. The number of anilines is 5. The second-order valence-electron chi connectivity index (χ2n) is 4.77. The van der Waals surface area contributed by atoms with E-state index < -0.39 is 0 Å². The number of para-hydroxylation sites is 3. The van der Waals surface area contributed by atoms with Gasteiger partial charge in [0.05, 0.1) is 28.4 Å². The molecular formula is C15H17N3. The van der Waals surface area contributed by atoms with Crippen LogP contribution < -0.4 is 15.1 Å². The van der Waals surface area contributed by atoms with Crippen LogP contribution in [0.4, 0.5) is 28.4 Å². The zero-order valence-electron chi connectivity index (χ0n) is 10.9. The highest BCUT2D eigenvalue weighted by atomic mass is 15.2. The van der Waals surface area contributed by atoms with E-state index in [1.807, 2.05) is 0 Å². The summed E-state index contributed by atoms with van der Waals surface area (Å²) in [6.07, 6.45) is 0. The summed E-state index contributed by atoms with van der Waals surface area (Å²) in [5.41, 5.74) is 5.94. The highest BCUT2D eigenvalue weighted by Gasteiger charge is 2.21. The first-order valence-electron chi connectivity index (χ1n) is 6.08. The molecule has 0 saturated carbocycles. The van der Waals surface area contributed by atoms with Gasteiger partial charge < -0.3 is 15.1 Å². The highest BCUT2D eigenvalue weighted by molar-refractivity contribution is 5.97. The molecule has 1 aliphatic heterocycles. The molecule has 3 heteroatoms. The van der Waals surface area contributed by atoms with Gasteiger partial charge in [-0.05, 0) is 24.3 Å². The van der Waals surface area contributed by atoms with Crippen LogP contribution >= 0.6 is 0 Å². The van der Waals surface area contributed by atoms with Gasteiger partial charge in [-0.15, -0.1) is 0 Å². The van der Waals surface area contributed by atoms with Crippen LogP contribution in [0.15, 0.2) is 42.5 Å². The van der Waals surface area contributed by atoms with Gasteiger partial charge in [-0.25, -0.2) is 0 Å². The molecule has 0 bridgehead atoms. The van der Waals surface area contributed by atoms with Crippen molar-refractivity contribution in [2.24, 2.45) is 0 Å². The van der Waals surface area contributed by atoms with Crippen molar-refractivity contribution in [3.63, 3.8) is 0 Å². The summed E-state index contributed by atoms with van der Waals surface area (Å²) in [7, 11) is 6.24. The molecule has 1 N–H and O–H groups in total. The Morgan fingerprint density at radius 2 is 1.67 bits per heavy atom. The lowest BCUT2D eigenvalue weighted by Crippen LogP contribution is -2.20. The topological polar surface area (TPSA) is 18.5 Å². The summed E-state index contributed by atoms with van der Waals surface area (Å²) in [6, 6.07) is 14.7. The molecule has 2 aromatic carbocycles. The summed E-state index contributed by atoms with van der Waals surface area (Å²) in [5.74, 6) is 0. The fourth-order valence-electron chi connectivity index (χ4n) is 2.44. The van der Waals surface area contributed by atoms with Crippen molar-refractivity contribution in [2.75, 3.05) is 36.3 Å². The van der Waals surface area contributed by atoms with Gasteiger partial charge in [-0.2, -0.15) is 0 Å². The average molecular weight is 239 g/mol. The van der Waals surface area contributed by atoms with Crippen LogP contribution in [0, 0.1) is 0 Å². The smallest absolute Gasteiger partial charge is 0.0863 e. The maximum absolute atomic E-state index is 3.54. The summed E-state index contributed by atoms with van der Waals surface area (Å²) in [6.45, 7) is 0. The molecule has 1 heterocycles. The summed E-state index contributed by atoms with van der Waals surface area (Å²) in [4.78, 5) is 4.36. The van der Waals surface area contributed by atoms with Crippen molar-refractivity contribution < 1.29 is 0 Å². The highest BCUT2D eigenvalue weighted by Crippen LogP contribution is 2.46. The molecule has 1 aliphatic rings. The number of nitrogens with one attached hydrogen (secondary N) is 1. The minimum Gasteiger partial charge on any atom is -0.376 e. The van der Waals surface area contributed by atoms with Crippen LogP contribution in [0.3, 0.4) is 0 Å². The molecule has 0 radical (unpaired) electrons. The van der Waals surface area contributed by atoms with Crippen LogP contribution in [-0.4, -0.2) is 21.1 Å². The summed E-state index contributed by atoms with van der Waals surface area (Å²) >= 11 is 0. The molecule has 0 amide bonds. The van der Waals surface area contributed by atoms with Crippen molar-refractivity contribution >= 4 is 28.4 Å². The lowest BCUT2D eigenvalue weighted by atomic mass is 10.1. The van der Waals surface area contributed by atoms with Gasteiger partial charge in [0.15, 0.2) is 0 Å². The van der Waals surface area contributed by atoms with E-state index >= 15 is 0 Å². The Bertz CT molecular complexity index is 590. The van der Waals surface area contributed by atoms with E-state index in [4.69, 9.17) is 0 Å². The number of fused-ring (bicyclic) bond motifs is 2. The molecule has 3 nitrogen and oxygen atoms in total. The Morgan fingerprint density at radius 1 is 0.944 bits per heavy atom.